The van der Waals surface area contributed by atoms with Gasteiger partial charge in [-0.2, -0.15) is 5.10 Å². The van der Waals surface area contributed by atoms with E-state index in [0.29, 0.717) is 35.4 Å². The number of aromatic nitrogens is 2. The first-order valence-electron chi connectivity index (χ1n) is 7.73. The normalized spacial score (nSPS) is 16.8. The van der Waals surface area contributed by atoms with Crippen LogP contribution in [0.25, 0.3) is 0 Å². The van der Waals surface area contributed by atoms with Gasteiger partial charge in [0.1, 0.15) is 11.4 Å². The Morgan fingerprint density at radius 2 is 2.26 bits per heavy atom. The molecule has 0 unspecified atom stereocenters. The van der Waals surface area contributed by atoms with E-state index in [1.807, 2.05) is 25.2 Å². The summed E-state index contributed by atoms with van der Waals surface area (Å²) in [6.45, 7) is 4.69. The Morgan fingerprint density at radius 1 is 1.48 bits per heavy atom. The summed E-state index contributed by atoms with van der Waals surface area (Å²) in [5.74, 6) is 0.802. The monoisotopic (exact) mass is 333 g/mol. The number of halogens is 1. The Hall–Kier alpha value is -2.01. The van der Waals surface area contributed by atoms with E-state index >= 15 is 0 Å². The van der Waals surface area contributed by atoms with Crippen LogP contribution in [0.2, 0.25) is 5.02 Å². The molecule has 122 valence electrons. The largest absolute Gasteiger partial charge is 0.492 e. The molecule has 0 bridgehead atoms. The molecule has 0 radical (unpaired) electrons. The van der Waals surface area contributed by atoms with E-state index in [9.17, 15) is 4.79 Å². The van der Waals surface area contributed by atoms with Gasteiger partial charge in [0.2, 0.25) is 0 Å². The van der Waals surface area contributed by atoms with Crippen LogP contribution < -0.4 is 10.1 Å². The van der Waals surface area contributed by atoms with Gasteiger partial charge in [0.05, 0.1) is 17.7 Å². The molecule has 1 aliphatic rings. The Morgan fingerprint density at radius 3 is 2.96 bits per heavy atom. The van der Waals surface area contributed by atoms with Gasteiger partial charge in [0.25, 0.3) is 5.91 Å². The molecular weight excluding hydrogens is 314 g/mol. The number of carbonyl (C=O) groups is 1. The lowest BCUT2D eigenvalue weighted by atomic mass is 10.0. The summed E-state index contributed by atoms with van der Waals surface area (Å²) in [5, 5.41) is 7.93. The molecule has 0 aliphatic carbocycles. The van der Waals surface area contributed by atoms with Crippen molar-refractivity contribution >= 4 is 17.5 Å². The third kappa shape index (κ3) is 3.06. The fourth-order valence-corrected chi connectivity index (χ4v) is 3.14. The number of benzene rings is 1. The first-order chi connectivity index (χ1) is 11.0. The Bertz CT molecular complexity index is 739. The van der Waals surface area contributed by atoms with Crippen LogP contribution in [0.5, 0.6) is 5.75 Å². The summed E-state index contributed by atoms with van der Waals surface area (Å²) in [7, 11) is 1.86. The topological polar surface area (TPSA) is 56.1 Å². The highest BCUT2D eigenvalue weighted by Gasteiger charge is 2.26. The second kappa shape index (κ2) is 6.24. The van der Waals surface area contributed by atoms with Crippen LogP contribution in [0.3, 0.4) is 0 Å². The van der Waals surface area contributed by atoms with Crippen molar-refractivity contribution in [2.75, 3.05) is 6.61 Å². The number of amides is 1. The molecule has 1 atom stereocenters. The lowest BCUT2D eigenvalue weighted by molar-refractivity contribution is 0.0919. The van der Waals surface area contributed by atoms with Gasteiger partial charge < -0.3 is 10.1 Å². The zero-order valence-corrected chi connectivity index (χ0v) is 14.2. The van der Waals surface area contributed by atoms with E-state index in [1.165, 1.54) is 0 Å². The van der Waals surface area contributed by atoms with Crippen molar-refractivity contribution in [3.05, 3.63) is 46.2 Å². The van der Waals surface area contributed by atoms with E-state index in [-0.39, 0.29) is 11.9 Å². The summed E-state index contributed by atoms with van der Waals surface area (Å²) in [5.41, 5.74) is 2.38. The second-order valence-corrected chi connectivity index (χ2v) is 6.46. The number of hydrogen-bond acceptors (Lipinski definition) is 3. The average molecular weight is 334 g/mol. The molecule has 1 amide bonds. The molecule has 1 N–H and O–H groups in total. The van der Waals surface area contributed by atoms with Gasteiger partial charge in [0, 0.05) is 24.7 Å². The van der Waals surface area contributed by atoms with Gasteiger partial charge >= 0.3 is 0 Å². The number of nitrogens with one attached hydrogen (secondary N) is 1. The lowest BCUT2D eigenvalue weighted by Crippen LogP contribution is -2.32. The quantitative estimate of drug-likeness (QED) is 0.936. The highest BCUT2D eigenvalue weighted by Crippen LogP contribution is 2.37. The number of rotatable bonds is 3. The van der Waals surface area contributed by atoms with Gasteiger partial charge in [-0.1, -0.05) is 37.6 Å². The summed E-state index contributed by atoms with van der Waals surface area (Å²) in [6.07, 6.45) is 0.711. The molecule has 1 aliphatic heterocycles. The zero-order chi connectivity index (χ0) is 16.6. The van der Waals surface area contributed by atoms with Crippen LogP contribution in [0, 0.1) is 0 Å². The number of aryl methyl sites for hydroxylation is 1. The van der Waals surface area contributed by atoms with Crippen molar-refractivity contribution in [1.29, 1.82) is 0 Å². The van der Waals surface area contributed by atoms with E-state index in [2.05, 4.69) is 24.3 Å². The fourth-order valence-electron chi connectivity index (χ4n) is 2.90. The van der Waals surface area contributed by atoms with Crippen molar-refractivity contribution in [2.45, 2.75) is 32.2 Å². The number of carbonyl (C=O) groups excluding carboxylic acids is 1. The van der Waals surface area contributed by atoms with Crippen molar-refractivity contribution in [3.8, 4) is 5.75 Å². The summed E-state index contributed by atoms with van der Waals surface area (Å²) in [4.78, 5) is 12.5. The highest BCUT2D eigenvalue weighted by molar-refractivity contribution is 6.32. The fraction of sp³-hybridized carbons (Fsp3) is 0.412. The van der Waals surface area contributed by atoms with Crippen LogP contribution in [0.15, 0.2) is 24.3 Å². The summed E-state index contributed by atoms with van der Waals surface area (Å²) in [6, 6.07) is 7.32. The minimum atomic E-state index is -0.176. The first-order valence-corrected chi connectivity index (χ1v) is 8.11. The molecule has 3 rings (SSSR count). The minimum absolute atomic E-state index is 0.116. The lowest BCUT2D eigenvalue weighted by Gasteiger charge is -2.27. The molecule has 5 nitrogen and oxygen atoms in total. The van der Waals surface area contributed by atoms with E-state index in [1.54, 1.807) is 10.7 Å². The second-order valence-electron chi connectivity index (χ2n) is 6.05. The van der Waals surface area contributed by atoms with E-state index in [4.69, 9.17) is 16.3 Å². The standard InChI is InChI=1S/C17H20ClN3O2/c1-10(2)15-9-14(20-21(15)3)17(22)19-13-7-8-23-16-11(13)5-4-6-12(16)18/h4-6,9-10,13H,7-8H2,1-3H3,(H,19,22)/t13-/m0/s1. The van der Waals surface area contributed by atoms with Gasteiger partial charge in [-0.15, -0.1) is 0 Å². The molecule has 2 aromatic rings. The summed E-state index contributed by atoms with van der Waals surface area (Å²) < 4.78 is 7.38. The zero-order valence-electron chi connectivity index (χ0n) is 13.5. The van der Waals surface area contributed by atoms with Crippen LogP contribution in [0.1, 0.15) is 54.0 Å². The number of ether oxygens (including phenoxy) is 1. The van der Waals surface area contributed by atoms with Crippen LogP contribution in [0.4, 0.5) is 0 Å². The Labute approximate surface area is 140 Å². The van der Waals surface area contributed by atoms with Gasteiger partial charge in [-0.25, -0.2) is 0 Å². The average Bonchev–Trinajstić information content (AvgIpc) is 2.91. The van der Waals surface area contributed by atoms with Gasteiger partial charge in [-0.3, -0.25) is 9.48 Å². The molecule has 1 aromatic carbocycles. The molecule has 23 heavy (non-hydrogen) atoms. The molecule has 6 heteroatoms. The molecule has 0 saturated heterocycles. The predicted octanol–water partition coefficient (Wildman–Crippen LogP) is 3.45. The first kappa shape index (κ1) is 15.9. The van der Waals surface area contributed by atoms with Crippen molar-refractivity contribution < 1.29 is 9.53 Å². The Kier molecular flexibility index (Phi) is 4.31. The van der Waals surface area contributed by atoms with Crippen molar-refractivity contribution in [3.63, 3.8) is 0 Å². The van der Waals surface area contributed by atoms with Gasteiger partial charge in [-0.05, 0) is 18.1 Å². The van der Waals surface area contributed by atoms with Gasteiger partial charge in [0.15, 0.2) is 0 Å². The molecule has 2 heterocycles. The maximum atomic E-state index is 12.5. The smallest absolute Gasteiger partial charge is 0.272 e. The minimum Gasteiger partial charge on any atom is -0.492 e. The molecule has 0 fully saturated rings. The predicted molar refractivity (Wildman–Crippen MR) is 89.1 cm³/mol. The number of fused-ring (bicyclic) bond motifs is 1. The van der Waals surface area contributed by atoms with Crippen molar-refractivity contribution in [1.82, 2.24) is 15.1 Å². The highest BCUT2D eigenvalue weighted by atomic mass is 35.5. The number of hydrogen-bond donors (Lipinski definition) is 1. The number of para-hydroxylation sites is 1. The Balaban J connectivity index is 1.82. The summed E-state index contributed by atoms with van der Waals surface area (Å²) >= 11 is 6.17. The van der Waals surface area contributed by atoms with E-state index < -0.39 is 0 Å². The SMILES string of the molecule is CC(C)c1cc(C(=O)N[C@H]2CCOc3c(Cl)cccc32)nn1C. The maximum absolute atomic E-state index is 12.5. The maximum Gasteiger partial charge on any atom is 0.272 e. The molecular formula is C17H20ClN3O2. The third-order valence-corrected chi connectivity index (χ3v) is 4.37. The van der Waals surface area contributed by atoms with Crippen LogP contribution in [-0.2, 0) is 7.05 Å². The van der Waals surface area contributed by atoms with Crippen LogP contribution in [-0.4, -0.2) is 22.3 Å². The molecule has 1 aromatic heterocycles. The molecule has 0 saturated carbocycles. The third-order valence-electron chi connectivity index (χ3n) is 4.07. The van der Waals surface area contributed by atoms with Crippen molar-refractivity contribution in [2.24, 2.45) is 7.05 Å². The van der Waals surface area contributed by atoms with E-state index in [0.717, 1.165) is 11.3 Å². The number of nitrogens with zero attached hydrogens (tertiary/aromatic N) is 2. The molecule has 0 spiro atoms. The van der Waals surface area contributed by atoms with Crippen LogP contribution >= 0.6 is 11.6 Å².